The summed E-state index contributed by atoms with van der Waals surface area (Å²) in [5, 5.41) is 15.1. The predicted molar refractivity (Wildman–Crippen MR) is 111 cm³/mol. The van der Waals surface area contributed by atoms with Crippen molar-refractivity contribution in [1.82, 2.24) is 19.9 Å². The molecule has 1 amide bonds. The Morgan fingerprint density at radius 1 is 1.41 bits per heavy atom. The van der Waals surface area contributed by atoms with Gasteiger partial charge in [0.25, 0.3) is 0 Å². The minimum atomic E-state index is -0.692. The van der Waals surface area contributed by atoms with E-state index < -0.39 is 12.2 Å². The zero-order chi connectivity index (χ0) is 20.5. The number of aliphatic hydroxyl groups is 1. The van der Waals surface area contributed by atoms with Crippen molar-refractivity contribution in [3.05, 3.63) is 23.5 Å². The van der Waals surface area contributed by atoms with Crippen LogP contribution in [0, 0.1) is 0 Å². The van der Waals surface area contributed by atoms with Gasteiger partial charge in [0.2, 0.25) is 0 Å². The first-order valence-electron chi connectivity index (χ1n) is 9.92. The van der Waals surface area contributed by atoms with E-state index in [1.54, 1.807) is 24.5 Å². The summed E-state index contributed by atoms with van der Waals surface area (Å²) in [5.74, 6) is 0.633. The first-order valence-corrected chi connectivity index (χ1v) is 10.8. The van der Waals surface area contributed by atoms with Crippen LogP contribution in [0.3, 0.4) is 0 Å². The molecule has 0 spiro atoms. The molecule has 4 rings (SSSR count). The summed E-state index contributed by atoms with van der Waals surface area (Å²) in [6.07, 6.45) is 2.11. The lowest BCUT2D eigenvalue weighted by Gasteiger charge is -2.31. The summed E-state index contributed by atoms with van der Waals surface area (Å²) in [4.78, 5) is 20.8. The Hall–Kier alpha value is -2.23. The van der Waals surface area contributed by atoms with E-state index in [1.807, 2.05) is 25.3 Å². The van der Waals surface area contributed by atoms with Crippen LogP contribution in [0.4, 0.5) is 4.79 Å². The van der Waals surface area contributed by atoms with Crippen LogP contribution in [-0.2, 0) is 9.47 Å². The Kier molecular flexibility index (Phi) is 5.71. The SMILES string of the molecule is CC(C)OC(=O)NCC1CCC(n2c(C(C)O)nc3cnc4ccsc4c32)CO1. The maximum Gasteiger partial charge on any atom is 0.407 e. The smallest absolute Gasteiger partial charge is 0.407 e. The number of carbonyl (C=O) groups is 1. The predicted octanol–water partition coefficient (Wildman–Crippen LogP) is 3.55. The van der Waals surface area contributed by atoms with Gasteiger partial charge in [-0.3, -0.25) is 4.98 Å². The number of aromatic nitrogens is 3. The molecule has 0 radical (unpaired) electrons. The number of nitrogens with one attached hydrogen (secondary N) is 1. The number of imidazole rings is 1. The zero-order valence-corrected chi connectivity index (χ0v) is 17.6. The molecular weight excluding hydrogens is 392 g/mol. The molecule has 3 aromatic rings. The summed E-state index contributed by atoms with van der Waals surface area (Å²) in [7, 11) is 0. The molecule has 29 heavy (non-hydrogen) atoms. The van der Waals surface area contributed by atoms with Crippen molar-refractivity contribution in [3.8, 4) is 0 Å². The molecule has 1 aliphatic rings. The van der Waals surface area contributed by atoms with Gasteiger partial charge in [-0.1, -0.05) is 0 Å². The summed E-state index contributed by atoms with van der Waals surface area (Å²) in [6, 6.07) is 2.06. The number of alkyl carbamates (subject to hydrolysis) is 1. The molecule has 2 N–H and O–H groups in total. The molecule has 4 heterocycles. The fourth-order valence-corrected chi connectivity index (χ4v) is 4.66. The second-order valence-corrected chi connectivity index (χ2v) is 8.58. The van der Waals surface area contributed by atoms with Crippen molar-refractivity contribution < 1.29 is 19.4 Å². The fraction of sp³-hybridized carbons (Fsp3) is 0.550. The van der Waals surface area contributed by atoms with Gasteiger partial charge >= 0.3 is 6.09 Å². The number of hydrogen-bond donors (Lipinski definition) is 2. The van der Waals surface area contributed by atoms with E-state index in [1.165, 1.54) is 0 Å². The number of hydrogen-bond acceptors (Lipinski definition) is 7. The lowest BCUT2D eigenvalue weighted by Crippen LogP contribution is -2.39. The molecule has 156 valence electrons. The van der Waals surface area contributed by atoms with Crippen LogP contribution in [0.5, 0.6) is 0 Å². The van der Waals surface area contributed by atoms with Crippen molar-refractivity contribution in [2.75, 3.05) is 13.2 Å². The number of carbonyl (C=O) groups excluding carboxylic acids is 1. The summed E-state index contributed by atoms with van der Waals surface area (Å²) in [5.41, 5.74) is 2.73. The lowest BCUT2D eigenvalue weighted by molar-refractivity contribution is -0.0119. The second-order valence-electron chi connectivity index (χ2n) is 7.66. The Morgan fingerprint density at radius 2 is 2.24 bits per heavy atom. The van der Waals surface area contributed by atoms with Gasteiger partial charge in [0.15, 0.2) is 0 Å². The Morgan fingerprint density at radius 3 is 2.93 bits per heavy atom. The van der Waals surface area contributed by atoms with Gasteiger partial charge in [-0.2, -0.15) is 0 Å². The minimum absolute atomic E-state index is 0.0563. The molecule has 0 saturated carbocycles. The van der Waals surface area contributed by atoms with Crippen LogP contribution in [0.15, 0.2) is 17.6 Å². The van der Waals surface area contributed by atoms with E-state index in [4.69, 9.17) is 9.47 Å². The normalized spacial score (nSPS) is 21.0. The third-order valence-electron chi connectivity index (χ3n) is 5.05. The van der Waals surface area contributed by atoms with Crippen LogP contribution in [0.1, 0.15) is 51.6 Å². The van der Waals surface area contributed by atoms with Gasteiger partial charge in [0, 0.05) is 6.54 Å². The van der Waals surface area contributed by atoms with Crippen molar-refractivity contribution in [1.29, 1.82) is 0 Å². The van der Waals surface area contributed by atoms with E-state index >= 15 is 0 Å². The summed E-state index contributed by atoms with van der Waals surface area (Å²) < 4.78 is 14.3. The first-order chi connectivity index (χ1) is 13.9. The van der Waals surface area contributed by atoms with Gasteiger partial charge in [-0.15, -0.1) is 11.3 Å². The molecule has 3 aromatic heterocycles. The molecule has 8 nitrogen and oxygen atoms in total. The largest absolute Gasteiger partial charge is 0.447 e. The van der Waals surface area contributed by atoms with E-state index in [-0.39, 0.29) is 18.2 Å². The molecule has 9 heteroatoms. The van der Waals surface area contributed by atoms with Crippen molar-refractivity contribution in [2.45, 2.75) is 58.0 Å². The average molecular weight is 419 g/mol. The number of nitrogens with zero attached hydrogens (tertiary/aromatic N) is 3. The molecule has 0 aromatic carbocycles. The third kappa shape index (κ3) is 4.08. The van der Waals surface area contributed by atoms with Gasteiger partial charge in [0.05, 0.1) is 46.8 Å². The number of ether oxygens (including phenoxy) is 2. The van der Waals surface area contributed by atoms with Crippen molar-refractivity contribution in [2.24, 2.45) is 0 Å². The first kappa shape index (κ1) is 20.1. The highest BCUT2D eigenvalue weighted by Gasteiger charge is 2.29. The number of pyridine rings is 1. The summed E-state index contributed by atoms with van der Waals surface area (Å²) >= 11 is 1.63. The standard InChI is InChI=1S/C20H26N4O4S/c1-11(2)28-20(26)22-8-14-5-4-13(10-27-14)24-17-16(23-19(24)12(3)25)9-21-15-6-7-29-18(15)17/h6-7,9,11-14,25H,4-5,8,10H2,1-3H3,(H,22,26). The van der Waals surface area contributed by atoms with E-state index in [9.17, 15) is 9.90 Å². The molecule has 1 aliphatic heterocycles. The molecule has 3 unspecified atom stereocenters. The monoisotopic (exact) mass is 418 g/mol. The second kappa shape index (κ2) is 8.25. The fourth-order valence-electron chi connectivity index (χ4n) is 3.77. The zero-order valence-electron chi connectivity index (χ0n) is 16.8. The molecule has 3 atom stereocenters. The molecule has 1 saturated heterocycles. The Labute approximate surface area is 172 Å². The Bertz CT molecular complexity index is 1000. The highest BCUT2D eigenvalue weighted by atomic mass is 32.1. The van der Waals surface area contributed by atoms with Gasteiger partial charge in [-0.05, 0) is 45.1 Å². The van der Waals surface area contributed by atoms with Gasteiger partial charge in [-0.25, -0.2) is 9.78 Å². The maximum atomic E-state index is 11.7. The highest BCUT2D eigenvalue weighted by Crippen LogP contribution is 2.35. The number of aliphatic hydroxyl groups excluding tert-OH is 1. The average Bonchev–Trinajstić information content (AvgIpc) is 3.30. The van der Waals surface area contributed by atoms with Gasteiger partial charge < -0.3 is 24.5 Å². The van der Waals surface area contributed by atoms with Crippen LogP contribution >= 0.6 is 11.3 Å². The number of amides is 1. The van der Waals surface area contributed by atoms with Crippen molar-refractivity contribution in [3.63, 3.8) is 0 Å². The van der Waals surface area contributed by atoms with Crippen LogP contribution in [-0.4, -0.2) is 51.1 Å². The summed E-state index contributed by atoms with van der Waals surface area (Å²) in [6.45, 7) is 6.28. The molecule has 0 bridgehead atoms. The molecule has 1 fully saturated rings. The maximum absolute atomic E-state index is 11.7. The van der Waals surface area contributed by atoms with Crippen molar-refractivity contribution >= 4 is 38.7 Å². The van der Waals surface area contributed by atoms with Crippen LogP contribution < -0.4 is 5.32 Å². The van der Waals surface area contributed by atoms with Crippen LogP contribution in [0.25, 0.3) is 21.3 Å². The lowest BCUT2D eigenvalue weighted by atomic mass is 10.0. The number of fused-ring (bicyclic) bond motifs is 3. The number of thiophene rings is 1. The van der Waals surface area contributed by atoms with Gasteiger partial charge in [0.1, 0.15) is 17.4 Å². The van der Waals surface area contributed by atoms with E-state index in [2.05, 4.69) is 19.9 Å². The third-order valence-corrected chi connectivity index (χ3v) is 5.96. The van der Waals surface area contributed by atoms with E-state index in [0.29, 0.717) is 19.0 Å². The minimum Gasteiger partial charge on any atom is -0.447 e. The Balaban J connectivity index is 1.53. The van der Waals surface area contributed by atoms with Crippen LogP contribution in [0.2, 0.25) is 0 Å². The molecular formula is C20H26N4O4S. The number of rotatable bonds is 5. The topological polar surface area (TPSA) is 98.5 Å². The molecule has 0 aliphatic carbocycles. The van der Waals surface area contributed by atoms with E-state index in [0.717, 1.165) is 34.1 Å². The quantitative estimate of drug-likeness (QED) is 0.657. The highest BCUT2D eigenvalue weighted by molar-refractivity contribution is 7.18.